The van der Waals surface area contributed by atoms with Crippen molar-refractivity contribution >= 4 is 5.91 Å². The third-order valence-electron chi connectivity index (χ3n) is 2.33. The molecular formula is C11H21F3N2O2. The zero-order valence-corrected chi connectivity index (χ0v) is 10.6. The van der Waals surface area contributed by atoms with Gasteiger partial charge in [-0.05, 0) is 19.4 Å². The maximum absolute atomic E-state index is 11.8. The van der Waals surface area contributed by atoms with Crippen molar-refractivity contribution in [1.82, 2.24) is 4.90 Å². The normalized spacial score (nSPS) is 11.6. The molecule has 0 aliphatic carbocycles. The van der Waals surface area contributed by atoms with Gasteiger partial charge in [-0.2, -0.15) is 13.2 Å². The second-order valence-corrected chi connectivity index (χ2v) is 4.04. The number of amides is 1. The molecule has 0 radical (unpaired) electrons. The van der Waals surface area contributed by atoms with Gasteiger partial charge in [0.25, 0.3) is 0 Å². The number of nitrogens with two attached hydrogens (primary N) is 1. The molecule has 0 aliphatic heterocycles. The summed E-state index contributed by atoms with van der Waals surface area (Å²) < 4.78 is 40.4. The van der Waals surface area contributed by atoms with Crippen LogP contribution < -0.4 is 5.73 Å². The van der Waals surface area contributed by atoms with Crippen LogP contribution >= 0.6 is 0 Å². The number of halogens is 3. The van der Waals surface area contributed by atoms with E-state index in [1.807, 2.05) is 0 Å². The van der Waals surface area contributed by atoms with Crippen molar-refractivity contribution in [3.8, 4) is 0 Å². The van der Waals surface area contributed by atoms with Gasteiger partial charge in [0.05, 0.1) is 13.0 Å². The summed E-state index contributed by atoms with van der Waals surface area (Å²) in [6.07, 6.45) is -4.14. The topological polar surface area (TPSA) is 55.6 Å². The Hall–Kier alpha value is -0.820. The molecule has 0 rings (SSSR count). The van der Waals surface area contributed by atoms with Crippen molar-refractivity contribution in [3.63, 3.8) is 0 Å². The van der Waals surface area contributed by atoms with E-state index in [0.717, 1.165) is 6.42 Å². The summed E-state index contributed by atoms with van der Waals surface area (Å²) in [6, 6.07) is 0. The maximum atomic E-state index is 11.8. The van der Waals surface area contributed by atoms with Gasteiger partial charge in [-0.25, -0.2) is 0 Å². The number of alkyl halides is 3. The van der Waals surface area contributed by atoms with E-state index in [0.29, 0.717) is 13.1 Å². The zero-order chi connectivity index (χ0) is 14.0. The molecule has 7 heteroatoms. The molecule has 0 bridgehead atoms. The Morgan fingerprint density at radius 1 is 1.28 bits per heavy atom. The second kappa shape index (κ2) is 9.16. The summed E-state index contributed by atoms with van der Waals surface area (Å²) in [7, 11) is 1.67. The van der Waals surface area contributed by atoms with E-state index in [9.17, 15) is 18.0 Å². The number of rotatable bonds is 9. The molecule has 0 aromatic carbocycles. The number of carbonyl (C=O) groups is 1. The van der Waals surface area contributed by atoms with E-state index in [2.05, 4.69) is 0 Å². The van der Waals surface area contributed by atoms with Gasteiger partial charge in [-0.1, -0.05) is 0 Å². The molecule has 0 atom stereocenters. The molecule has 0 aromatic heterocycles. The van der Waals surface area contributed by atoms with Crippen LogP contribution in [0.3, 0.4) is 0 Å². The molecule has 108 valence electrons. The molecule has 0 unspecified atom stereocenters. The fourth-order valence-corrected chi connectivity index (χ4v) is 1.28. The van der Waals surface area contributed by atoms with Crippen LogP contribution in [-0.4, -0.2) is 50.3 Å². The van der Waals surface area contributed by atoms with Crippen LogP contribution in [0.15, 0.2) is 0 Å². The van der Waals surface area contributed by atoms with Crippen LogP contribution in [0.25, 0.3) is 0 Å². The lowest BCUT2D eigenvalue weighted by atomic mass is 10.3. The number of carbonyl (C=O) groups excluding carboxylic acids is 1. The van der Waals surface area contributed by atoms with Crippen LogP contribution in [-0.2, 0) is 9.53 Å². The third kappa shape index (κ3) is 10.3. The molecule has 2 N–H and O–H groups in total. The van der Waals surface area contributed by atoms with Crippen LogP contribution in [0.5, 0.6) is 0 Å². The monoisotopic (exact) mass is 270 g/mol. The number of nitrogens with zero attached hydrogens (tertiary/aromatic N) is 1. The van der Waals surface area contributed by atoms with Gasteiger partial charge in [0.1, 0.15) is 0 Å². The lowest BCUT2D eigenvalue weighted by molar-refractivity contribution is -0.139. The van der Waals surface area contributed by atoms with Gasteiger partial charge in [0.15, 0.2) is 0 Å². The van der Waals surface area contributed by atoms with Gasteiger partial charge < -0.3 is 15.4 Å². The first-order valence-corrected chi connectivity index (χ1v) is 5.95. The number of hydrogen-bond acceptors (Lipinski definition) is 3. The maximum Gasteiger partial charge on any atom is 0.389 e. The van der Waals surface area contributed by atoms with Crippen molar-refractivity contribution < 1.29 is 22.7 Å². The number of ether oxygens (including phenoxy) is 1. The van der Waals surface area contributed by atoms with Crippen molar-refractivity contribution in [1.29, 1.82) is 0 Å². The average Bonchev–Trinajstić information content (AvgIpc) is 2.28. The Labute approximate surface area is 105 Å². The minimum atomic E-state index is -4.14. The fourth-order valence-electron chi connectivity index (χ4n) is 1.28. The predicted molar refractivity (Wildman–Crippen MR) is 62.0 cm³/mol. The van der Waals surface area contributed by atoms with Gasteiger partial charge >= 0.3 is 6.18 Å². The molecule has 0 heterocycles. The van der Waals surface area contributed by atoms with E-state index >= 15 is 0 Å². The molecule has 0 saturated carbocycles. The first-order valence-electron chi connectivity index (χ1n) is 5.95. The first kappa shape index (κ1) is 17.2. The Kier molecular flexibility index (Phi) is 8.74. The summed E-state index contributed by atoms with van der Waals surface area (Å²) in [6.45, 7) is 1.29. The van der Waals surface area contributed by atoms with Crippen LogP contribution in [0.4, 0.5) is 13.2 Å². The quantitative estimate of drug-likeness (QED) is 0.647. The van der Waals surface area contributed by atoms with E-state index in [4.69, 9.17) is 10.5 Å². The summed E-state index contributed by atoms with van der Waals surface area (Å²) in [5.74, 6) is -0.0840. The van der Waals surface area contributed by atoms with Gasteiger partial charge in [-0.15, -0.1) is 0 Å². The van der Waals surface area contributed by atoms with Crippen molar-refractivity contribution in [2.75, 3.05) is 33.4 Å². The van der Waals surface area contributed by atoms with Crippen LogP contribution in [0.1, 0.15) is 25.7 Å². The minimum absolute atomic E-state index is 0.0271. The van der Waals surface area contributed by atoms with E-state index in [1.165, 1.54) is 0 Å². The van der Waals surface area contributed by atoms with Gasteiger partial charge in [0, 0.05) is 26.6 Å². The van der Waals surface area contributed by atoms with E-state index < -0.39 is 12.6 Å². The van der Waals surface area contributed by atoms with Crippen molar-refractivity contribution in [2.45, 2.75) is 31.9 Å². The van der Waals surface area contributed by atoms with E-state index in [1.54, 1.807) is 11.9 Å². The van der Waals surface area contributed by atoms with Crippen molar-refractivity contribution in [2.24, 2.45) is 5.73 Å². The highest BCUT2D eigenvalue weighted by molar-refractivity contribution is 5.75. The Balaban J connectivity index is 3.46. The zero-order valence-electron chi connectivity index (χ0n) is 10.6. The molecule has 1 amide bonds. The average molecular weight is 270 g/mol. The van der Waals surface area contributed by atoms with Gasteiger partial charge in [0.2, 0.25) is 5.91 Å². The standard InChI is InChI=1S/C11H21F3N2O2/c1-16(7-3-6-15)10(17)4-9-18-8-2-5-11(12,13)14/h2-9,15H2,1H3. The minimum Gasteiger partial charge on any atom is -0.381 e. The highest BCUT2D eigenvalue weighted by Crippen LogP contribution is 2.20. The molecular weight excluding hydrogens is 249 g/mol. The smallest absolute Gasteiger partial charge is 0.381 e. The lowest BCUT2D eigenvalue weighted by Crippen LogP contribution is -2.29. The van der Waals surface area contributed by atoms with Crippen molar-refractivity contribution in [3.05, 3.63) is 0 Å². The predicted octanol–water partition coefficient (Wildman–Crippen LogP) is 1.54. The highest BCUT2D eigenvalue weighted by atomic mass is 19.4. The molecule has 4 nitrogen and oxygen atoms in total. The molecule has 18 heavy (non-hydrogen) atoms. The molecule has 0 spiro atoms. The molecule has 0 fully saturated rings. The number of hydrogen-bond donors (Lipinski definition) is 1. The van der Waals surface area contributed by atoms with Crippen LogP contribution in [0.2, 0.25) is 0 Å². The van der Waals surface area contributed by atoms with Gasteiger partial charge in [-0.3, -0.25) is 4.79 Å². The summed E-state index contributed by atoms with van der Waals surface area (Å²) in [4.78, 5) is 13.0. The Morgan fingerprint density at radius 3 is 2.50 bits per heavy atom. The highest BCUT2D eigenvalue weighted by Gasteiger charge is 2.25. The fraction of sp³-hybridized carbons (Fsp3) is 0.909. The summed E-state index contributed by atoms with van der Waals surface area (Å²) in [5, 5.41) is 0. The summed E-state index contributed by atoms with van der Waals surface area (Å²) >= 11 is 0. The van der Waals surface area contributed by atoms with E-state index in [-0.39, 0.29) is 32.0 Å². The summed E-state index contributed by atoms with van der Waals surface area (Å²) in [5.41, 5.74) is 5.31. The second-order valence-electron chi connectivity index (χ2n) is 4.04. The molecule has 0 aromatic rings. The Bertz CT molecular complexity index is 235. The first-order chi connectivity index (χ1) is 8.37. The molecule has 0 aliphatic rings. The third-order valence-corrected chi connectivity index (χ3v) is 2.33. The Morgan fingerprint density at radius 2 is 1.94 bits per heavy atom. The molecule has 0 saturated heterocycles. The van der Waals surface area contributed by atoms with Crippen LogP contribution in [0, 0.1) is 0 Å². The SMILES string of the molecule is CN(CCCN)C(=O)CCOCCCC(F)(F)F. The lowest BCUT2D eigenvalue weighted by Gasteiger charge is -2.16. The largest absolute Gasteiger partial charge is 0.389 e.